The zero-order valence-corrected chi connectivity index (χ0v) is 27.7. The molecule has 0 saturated heterocycles. The molecule has 0 aliphatic carbocycles. The van der Waals surface area contributed by atoms with E-state index in [9.17, 15) is 9.59 Å². The first-order chi connectivity index (χ1) is 21.9. The third-order valence-electron chi connectivity index (χ3n) is 7.76. The number of benzene rings is 3. The molecule has 0 heterocycles. The van der Waals surface area contributed by atoms with Gasteiger partial charge in [0.15, 0.2) is 6.10 Å². The van der Waals surface area contributed by atoms with E-state index in [0.29, 0.717) is 17.1 Å². The summed E-state index contributed by atoms with van der Waals surface area (Å²) in [5.41, 5.74) is 2.51. The van der Waals surface area contributed by atoms with Crippen LogP contribution in [-0.4, -0.2) is 30.8 Å². The highest BCUT2D eigenvalue weighted by Crippen LogP contribution is 2.25. The standard InChI is InChI=1S/C39H52O6/c1-5-8-9-10-11-12-13-14-29-42-34-23-21-32(22-24-34)31-17-19-33(20-18-31)39(41)45-37-27-25-36(26-28-37)43-30(4)38(40)44-35(15-6-2)16-7-3/h17-28,30,35H,5-16,29H2,1-4H3. The van der Waals surface area contributed by atoms with Gasteiger partial charge in [-0.3, -0.25) is 0 Å². The Bertz CT molecular complexity index is 1240. The van der Waals surface area contributed by atoms with E-state index in [1.54, 1.807) is 43.3 Å². The van der Waals surface area contributed by atoms with Gasteiger partial charge in [0.25, 0.3) is 0 Å². The van der Waals surface area contributed by atoms with Gasteiger partial charge in [-0.25, -0.2) is 9.59 Å². The van der Waals surface area contributed by atoms with Gasteiger partial charge in [-0.1, -0.05) is 103 Å². The summed E-state index contributed by atoms with van der Waals surface area (Å²) in [5, 5.41) is 0. The fraction of sp³-hybridized carbons (Fsp3) is 0.487. The third-order valence-corrected chi connectivity index (χ3v) is 7.76. The van der Waals surface area contributed by atoms with E-state index in [1.165, 1.54) is 44.9 Å². The van der Waals surface area contributed by atoms with Gasteiger partial charge in [0.1, 0.15) is 23.4 Å². The van der Waals surface area contributed by atoms with Crippen LogP contribution in [0.1, 0.15) is 115 Å². The molecule has 3 aromatic rings. The quantitative estimate of drug-likeness (QED) is 0.0674. The molecule has 0 saturated carbocycles. The fourth-order valence-electron chi connectivity index (χ4n) is 5.14. The van der Waals surface area contributed by atoms with Crippen LogP contribution in [0.4, 0.5) is 0 Å². The molecule has 3 rings (SSSR count). The van der Waals surface area contributed by atoms with E-state index in [-0.39, 0.29) is 12.1 Å². The highest BCUT2D eigenvalue weighted by molar-refractivity contribution is 5.91. The number of esters is 2. The Balaban J connectivity index is 1.42. The van der Waals surface area contributed by atoms with Crippen LogP contribution in [0.5, 0.6) is 17.2 Å². The summed E-state index contributed by atoms with van der Waals surface area (Å²) in [7, 11) is 0. The summed E-state index contributed by atoms with van der Waals surface area (Å²) in [6, 6.07) is 22.1. The molecule has 0 N–H and O–H groups in total. The molecule has 0 aliphatic rings. The smallest absolute Gasteiger partial charge is 0.347 e. The van der Waals surface area contributed by atoms with E-state index >= 15 is 0 Å². The number of rotatable bonds is 21. The molecule has 0 fully saturated rings. The molecule has 0 aliphatic heterocycles. The Morgan fingerprint density at radius 3 is 1.69 bits per heavy atom. The van der Waals surface area contributed by atoms with Crippen LogP contribution >= 0.6 is 0 Å². The molecule has 45 heavy (non-hydrogen) atoms. The molecular formula is C39H52O6. The Morgan fingerprint density at radius 2 is 1.11 bits per heavy atom. The van der Waals surface area contributed by atoms with Gasteiger partial charge < -0.3 is 18.9 Å². The molecule has 244 valence electrons. The molecule has 0 aromatic heterocycles. The molecule has 6 heteroatoms. The lowest BCUT2D eigenvalue weighted by molar-refractivity contribution is -0.157. The third kappa shape index (κ3) is 13.0. The first-order valence-corrected chi connectivity index (χ1v) is 17.0. The minimum atomic E-state index is -0.739. The minimum Gasteiger partial charge on any atom is -0.494 e. The van der Waals surface area contributed by atoms with Gasteiger partial charge in [0.2, 0.25) is 0 Å². The summed E-state index contributed by atoms with van der Waals surface area (Å²) in [6.45, 7) is 8.83. The largest absolute Gasteiger partial charge is 0.494 e. The van der Waals surface area contributed by atoms with Gasteiger partial charge >= 0.3 is 11.9 Å². The number of hydrogen-bond donors (Lipinski definition) is 0. The van der Waals surface area contributed by atoms with Crippen LogP contribution < -0.4 is 14.2 Å². The lowest BCUT2D eigenvalue weighted by Crippen LogP contribution is -2.30. The normalized spacial score (nSPS) is 11.7. The van der Waals surface area contributed by atoms with Crippen LogP contribution in [-0.2, 0) is 9.53 Å². The molecule has 0 bridgehead atoms. The summed E-state index contributed by atoms with van der Waals surface area (Å²) in [6.07, 6.45) is 13.1. The molecule has 0 radical (unpaired) electrons. The average molecular weight is 617 g/mol. The first kappa shape index (κ1) is 35.7. The summed E-state index contributed by atoms with van der Waals surface area (Å²) >= 11 is 0. The predicted octanol–water partition coefficient (Wildman–Crippen LogP) is 10.4. The zero-order valence-electron chi connectivity index (χ0n) is 27.7. The van der Waals surface area contributed by atoms with Crippen molar-refractivity contribution in [2.24, 2.45) is 0 Å². The molecule has 1 atom stereocenters. The molecular weight excluding hydrogens is 564 g/mol. The van der Waals surface area contributed by atoms with Gasteiger partial charge in [-0.05, 0) is 85.8 Å². The zero-order chi connectivity index (χ0) is 32.3. The maximum atomic E-state index is 12.8. The van der Waals surface area contributed by atoms with E-state index in [4.69, 9.17) is 18.9 Å². The molecule has 0 spiro atoms. The Hall–Kier alpha value is -3.80. The van der Waals surface area contributed by atoms with Crippen LogP contribution in [0.25, 0.3) is 11.1 Å². The summed E-state index contributed by atoms with van der Waals surface area (Å²) in [5.74, 6) is 0.935. The van der Waals surface area contributed by atoms with E-state index in [1.807, 2.05) is 36.4 Å². The Morgan fingerprint density at radius 1 is 0.600 bits per heavy atom. The molecule has 6 nitrogen and oxygen atoms in total. The maximum Gasteiger partial charge on any atom is 0.347 e. The number of carbonyl (C=O) groups is 2. The summed E-state index contributed by atoms with van der Waals surface area (Å²) in [4.78, 5) is 25.2. The maximum absolute atomic E-state index is 12.8. The van der Waals surface area contributed by atoms with E-state index < -0.39 is 12.1 Å². The second-order valence-electron chi connectivity index (χ2n) is 11.7. The molecule has 3 aromatic carbocycles. The van der Waals surface area contributed by atoms with Crippen molar-refractivity contribution in [1.82, 2.24) is 0 Å². The van der Waals surface area contributed by atoms with Crippen molar-refractivity contribution < 1.29 is 28.5 Å². The monoisotopic (exact) mass is 616 g/mol. The van der Waals surface area contributed by atoms with Gasteiger partial charge in [-0.15, -0.1) is 0 Å². The average Bonchev–Trinajstić information content (AvgIpc) is 3.05. The number of ether oxygens (including phenoxy) is 4. The van der Waals surface area contributed by atoms with Crippen molar-refractivity contribution >= 4 is 11.9 Å². The lowest BCUT2D eigenvalue weighted by Gasteiger charge is -2.20. The lowest BCUT2D eigenvalue weighted by atomic mass is 10.0. The number of hydrogen-bond acceptors (Lipinski definition) is 6. The van der Waals surface area contributed by atoms with Crippen LogP contribution in [0.2, 0.25) is 0 Å². The SMILES string of the molecule is CCCCCCCCCCOc1ccc(-c2ccc(C(=O)Oc3ccc(OC(C)C(=O)OC(CCC)CCC)cc3)cc2)cc1. The Labute approximate surface area is 270 Å². The van der Waals surface area contributed by atoms with Crippen molar-refractivity contribution in [3.8, 4) is 28.4 Å². The predicted molar refractivity (Wildman–Crippen MR) is 181 cm³/mol. The van der Waals surface area contributed by atoms with E-state index in [0.717, 1.165) is 55.6 Å². The van der Waals surface area contributed by atoms with E-state index in [2.05, 4.69) is 20.8 Å². The molecule has 1 unspecified atom stereocenters. The minimum absolute atomic E-state index is 0.0798. The van der Waals surface area contributed by atoms with Crippen LogP contribution in [0.15, 0.2) is 72.8 Å². The van der Waals surface area contributed by atoms with Gasteiger partial charge in [0.05, 0.1) is 12.2 Å². The highest BCUT2D eigenvalue weighted by atomic mass is 16.6. The number of unbranched alkanes of at least 4 members (excludes halogenated alkanes) is 7. The van der Waals surface area contributed by atoms with Crippen LogP contribution in [0, 0.1) is 0 Å². The van der Waals surface area contributed by atoms with Gasteiger partial charge in [0, 0.05) is 0 Å². The van der Waals surface area contributed by atoms with Crippen molar-refractivity contribution in [1.29, 1.82) is 0 Å². The second-order valence-corrected chi connectivity index (χ2v) is 11.7. The van der Waals surface area contributed by atoms with Crippen molar-refractivity contribution in [3.63, 3.8) is 0 Å². The van der Waals surface area contributed by atoms with Gasteiger partial charge in [-0.2, -0.15) is 0 Å². The first-order valence-electron chi connectivity index (χ1n) is 17.0. The fourth-order valence-corrected chi connectivity index (χ4v) is 5.14. The van der Waals surface area contributed by atoms with Crippen molar-refractivity contribution in [2.45, 2.75) is 117 Å². The van der Waals surface area contributed by atoms with Crippen molar-refractivity contribution in [3.05, 3.63) is 78.4 Å². The van der Waals surface area contributed by atoms with Crippen molar-refractivity contribution in [2.75, 3.05) is 6.61 Å². The molecule has 0 amide bonds. The second kappa shape index (κ2) is 20.3. The topological polar surface area (TPSA) is 71.1 Å². The van der Waals surface area contributed by atoms with Crippen LogP contribution in [0.3, 0.4) is 0 Å². The summed E-state index contributed by atoms with van der Waals surface area (Å²) < 4.78 is 22.9. The highest BCUT2D eigenvalue weighted by Gasteiger charge is 2.21. The number of carbonyl (C=O) groups excluding carboxylic acids is 2. The Kier molecular flexibility index (Phi) is 16.1.